The number of nitrogens with zero attached hydrogens (tertiary/aromatic N) is 2. The Balaban J connectivity index is 1.79. The van der Waals surface area contributed by atoms with Gasteiger partial charge in [0, 0.05) is 18.8 Å². The normalized spacial score (nSPS) is 11.1. The van der Waals surface area contributed by atoms with E-state index in [1.54, 1.807) is 0 Å². The smallest absolute Gasteiger partial charge is 0.416 e. The minimum atomic E-state index is -4.47. The number of alkyl halides is 3. The molecule has 0 saturated heterocycles. The van der Waals surface area contributed by atoms with E-state index in [9.17, 15) is 22.8 Å². The van der Waals surface area contributed by atoms with Crippen LogP contribution in [-0.4, -0.2) is 28.8 Å². The summed E-state index contributed by atoms with van der Waals surface area (Å²) < 4.78 is 43.9. The molecule has 24 heavy (non-hydrogen) atoms. The van der Waals surface area contributed by atoms with Crippen LogP contribution in [0.3, 0.4) is 0 Å². The van der Waals surface area contributed by atoms with Crippen molar-refractivity contribution in [3.8, 4) is 5.75 Å². The monoisotopic (exact) mass is 341 g/mol. The zero-order valence-corrected chi connectivity index (χ0v) is 12.4. The van der Waals surface area contributed by atoms with E-state index in [0.29, 0.717) is 0 Å². The van der Waals surface area contributed by atoms with Gasteiger partial charge in [-0.3, -0.25) is 9.59 Å². The van der Waals surface area contributed by atoms with E-state index in [-0.39, 0.29) is 24.4 Å². The number of hydrogen-bond acceptors (Lipinski definition) is 4. The first kappa shape index (κ1) is 17.5. The van der Waals surface area contributed by atoms with Gasteiger partial charge in [-0.1, -0.05) is 6.07 Å². The van der Waals surface area contributed by atoms with Crippen LogP contribution in [0.15, 0.2) is 47.4 Å². The molecule has 6 nitrogen and oxygen atoms in total. The van der Waals surface area contributed by atoms with Crippen molar-refractivity contribution >= 4 is 5.91 Å². The lowest BCUT2D eigenvalue weighted by molar-refractivity contribution is -0.137. The highest BCUT2D eigenvalue weighted by molar-refractivity contribution is 5.77. The van der Waals surface area contributed by atoms with E-state index in [0.717, 1.165) is 12.1 Å². The Hall–Kier alpha value is -2.84. The minimum absolute atomic E-state index is 0.0547. The van der Waals surface area contributed by atoms with Gasteiger partial charge in [-0.15, -0.1) is 0 Å². The number of rotatable bonds is 6. The molecule has 0 atom stereocenters. The maximum Gasteiger partial charge on any atom is 0.416 e. The van der Waals surface area contributed by atoms with Crippen molar-refractivity contribution < 1.29 is 22.7 Å². The van der Waals surface area contributed by atoms with Gasteiger partial charge in [0.25, 0.3) is 11.5 Å². The minimum Gasteiger partial charge on any atom is -0.484 e. The van der Waals surface area contributed by atoms with Crippen molar-refractivity contribution in [1.82, 2.24) is 15.1 Å². The average Bonchev–Trinajstić information content (AvgIpc) is 2.54. The van der Waals surface area contributed by atoms with Gasteiger partial charge in [-0.2, -0.15) is 18.3 Å². The first-order valence-corrected chi connectivity index (χ1v) is 6.95. The fraction of sp³-hybridized carbons (Fsp3) is 0.267. The number of carbonyl (C=O) groups is 1. The molecule has 0 saturated carbocycles. The number of benzene rings is 1. The van der Waals surface area contributed by atoms with Gasteiger partial charge >= 0.3 is 6.18 Å². The van der Waals surface area contributed by atoms with Crippen LogP contribution in [-0.2, 0) is 17.5 Å². The van der Waals surface area contributed by atoms with Crippen LogP contribution >= 0.6 is 0 Å². The predicted octanol–water partition coefficient (Wildman–Crippen LogP) is 1.46. The number of nitrogens with one attached hydrogen (secondary N) is 1. The molecular weight excluding hydrogens is 327 g/mol. The van der Waals surface area contributed by atoms with Crippen molar-refractivity contribution in [2.75, 3.05) is 13.2 Å². The van der Waals surface area contributed by atoms with Crippen LogP contribution in [0.1, 0.15) is 5.56 Å². The molecule has 1 aromatic heterocycles. The molecule has 0 radical (unpaired) electrons. The molecule has 2 rings (SSSR count). The van der Waals surface area contributed by atoms with Crippen LogP contribution in [0, 0.1) is 0 Å². The molecule has 1 N–H and O–H groups in total. The van der Waals surface area contributed by atoms with Gasteiger partial charge in [0.15, 0.2) is 6.61 Å². The second-order valence-electron chi connectivity index (χ2n) is 4.75. The van der Waals surface area contributed by atoms with E-state index in [1.165, 1.54) is 35.1 Å². The maximum absolute atomic E-state index is 12.6. The highest BCUT2D eigenvalue weighted by Gasteiger charge is 2.30. The van der Waals surface area contributed by atoms with Crippen LogP contribution in [0.4, 0.5) is 13.2 Å². The van der Waals surface area contributed by atoms with Gasteiger partial charge in [0.1, 0.15) is 5.75 Å². The summed E-state index contributed by atoms with van der Waals surface area (Å²) in [5.41, 5.74) is -1.15. The molecule has 0 spiro atoms. The van der Waals surface area contributed by atoms with E-state index in [1.807, 2.05) is 0 Å². The van der Waals surface area contributed by atoms with Gasteiger partial charge < -0.3 is 10.1 Å². The Morgan fingerprint density at radius 3 is 2.75 bits per heavy atom. The lowest BCUT2D eigenvalue weighted by Crippen LogP contribution is -2.34. The van der Waals surface area contributed by atoms with E-state index >= 15 is 0 Å². The van der Waals surface area contributed by atoms with Gasteiger partial charge in [0.05, 0.1) is 12.1 Å². The molecule has 0 aliphatic heterocycles. The van der Waals surface area contributed by atoms with E-state index < -0.39 is 24.3 Å². The molecule has 0 unspecified atom stereocenters. The molecular formula is C15H14F3N3O3. The lowest BCUT2D eigenvalue weighted by Gasteiger charge is -2.10. The molecule has 1 aromatic carbocycles. The Morgan fingerprint density at radius 1 is 1.25 bits per heavy atom. The van der Waals surface area contributed by atoms with Crippen molar-refractivity contribution in [2.24, 2.45) is 0 Å². The van der Waals surface area contributed by atoms with E-state index in [2.05, 4.69) is 10.4 Å². The Bertz CT molecular complexity index is 759. The summed E-state index contributed by atoms with van der Waals surface area (Å²) in [6.45, 7) is -0.116. The molecule has 128 valence electrons. The summed E-state index contributed by atoms with van der Waals surface area (Å²) in [6, 6.07) is 7.10. The van der Waals surface area contributed by atoms with Crippen LogP contribution in [0.5, 0.6) is 5.75 Å². The molecule has 1 amide bonds. The molecule has 1 heterocycles. The molecule has 9 heteroatoms. The third kappa shape index (κ3) is 5.11. The fourth-order valence-corrected chi connectivity index (χ4v) is 1.82. The second kappa shape index (κ2) is 7.62. The SMILES string of the molecule is O=C(COc1cccc(C(F)(F)F)c1)NCCn1ncccc1=O. The quantitative estimate of drug-likeness (QED) is 0.863. The number of ether oxygens (including phenoxy) is 1. The van der Waals surface area contributed by atoms with Gasteiger partial charge in [-0.25, -0.2) is 4.68 Å². The van der Waals surface area contributed by atoms with Crippen LogP contribution in [0.2, 0.25) is 0 Å². The summed E-state index contributed by atoms with van der Waals surface area (Å²) in [5, 5.41) is 6.30. The van der Waals surface area contributed by atoms with Crippen molar-refractivity contribution in [3.05, 3.63) is 58.5 Å². The third-order valence-corrected chi connectivity index (χ3v) is 2.96. The standard InChI is InChI=1S/C15H14F3N3O3/c16-15(17,18)11-3-1-4-12(9-11)24-10-13(22)19-7-8-21-14(23)5-2-6-20-21/h1-6,9H,7-8,10H2,(H,19,22). The van der Waals surface area contributed by atoms with Gasteiger partial charge in [-0.05, 0) is 24.3 Å². The second-order valence-corrected chi connectivity index (χ2v) is 4.75. The highest BCUT2D eigenvalue weighted by atomic mass is 19.4. The zero-order chi connectivity index (χ0) is 17.6. The van der Waals surface area contributed by atoms with E-state index in [4.69, 9.17) is 4.74 Å². The largest absolute Gasteiger partial charge is 0.484 e. The van der Waals surface area contributed by atoms with Crippen LogP contribution < -0.4 is 15.6 Å². The first-order valence-electron chi connectivity index (χ1n) is 6.95. The Kier molecular flexibility index (Phi) is 5.56. The van der Waals surface area contributed by atoms with Crippen molar-refractivity contribution in [2.45, 2.75) is 12.7 Å². The summed E-state index contributed by atoms with van der Waals surface area (Å²) in [6.07, 6.45) is -3.03. The first-order chi connectivity index (χ1) is 11.4. The Morgan fingerprint density at radius 2 is 2.04 bits per heavy atom. The summed E-state index contributed by atoms with van der Waals surface area (Å²) >= 11 is 0. The number of halogens is 3. The third-order valence-electron chi connectivity index (χ3n) is 2.96. The number of amides is 1. The Labute approximate surface area is 134 Å². The predicted molar refractivity (Wildman–Crippen MR) is 78.4 cm³/mol. The number of hydrogen-bond donors (Lipinski definition) is 1. The number of aromatic nitrogens is 2. The molecule has 0 aliphatic carbocycles. The topological polar surface area (TPSA) is 73.2 Å². The average molecular weight is 341 g/mol. The van der Waals surface area contributed by atoms with Crippen LogP contribution in [0.25, 0.3) is 0 Å². The summed E-state index contributed by atoms with van der Waals surface area (Å²) in [7, 11) is 0. The molecule has 2 aromatic rings. The lowest BCUT2D eigenvalue weighted by atomic mass is 10.2. The molecule has 0 fully saturated rings. The fourth-order valence-electron chi connectivity index (χ4n) is 1.82. The summed E-state index contributed by atoms with van der Waals surface area (Å²) in [4.78, 5) is 23.0. The maximum atomic E-state index is 12.6. The zero-order valence-electron chi connectivity index (χ0n) is 12.4. The summed E-state index contributed by atoms with van der Waals surface area (Å²) in [5.74, 6) is -0.572. The van der Waals surface area contributed by atoms with Gasteiger partial charge in [0.2, 0.25) is 0 Å². The van der Waals surface area contributed by atoms with Crippen molar-refractivity contribution in [1.29, 1.82) is 0 Å². The van der Waals surface area contributed by atoms with Crippen molar-refractivity contribution in [3.63, 3.8) is 0 Å². The highest BCUT2D eigenvalue weighted by Crippen LogP contribution is 2.31. The molecule has 0 aliphatic rings. The molecule has 0 bridgehead atoms. The number of carbonyl (C=O) groups excluding carboxylic acids is 1.